The first-order chi connectivity index (χ1) is 8.06. The van der Waals surface area contributed by atoms with E-state index in [0.717, 1.165) is 26.4 Å². The standard InChI is InChI=1S/C13H13BrClNS/c1-8-2-4-10(11(15)6-8)12(16)7-9-3-5-13(14)17-9/h2-6,12H,7,16H2,1H3. The van der Waals surface area contributed by atoms with Gasteiger partial charge in [0.25, 0.3) is 0 Å². The van der Waals surface area contributed by atoms with Crippen molar-refractivity contribution in [2.45, 2.75) is 19.4 Å². The van der Waals surface area contributed by atoms with Gasteiger partial charge in [0.05, 0.1) is 3.79 Å². The van der Waals surface area contributed by atoms with E-state index in [2.05, 4.69) is 22.0 Å². The van der Waals surface area contributed by atoms with Gasteiger partial charge in [-0.25, -0.2) is 0 Å². The maximum absolute atomic E-state index is 6.21. The Morgan fingerprint density at radius 3 is 2.71 bits per heavy atom. The molecule has 1 atom stereocenters. The molecule has 2 rings (SSSR count). The minimum atomic E-state index is -0.0475. The van der Waals surface area contributed by atoms with Gasteiger partial charge < -0.3 is 5.73 Å². The van der Waals surface area contributed by atoms with Crippen molar-refractivity contribution in [1.82, 2.24) is 0 Å². The molecule has 0 radical (unpaired) electrons. The van der Waals surface area contributed by atoms with Crippen LogP contribution in [0.5, 0.6) is 0 Å². The maximum atomic E-state index is 6.21. The highest BCUT2D eigenvalue weighted by atomic mass is 79.9. The van der Waals surface area contributed by atoms with Gasteiger partial charge in [-0.05, 0) is 52.2 Å². The first kappa shape index (κ1) is 13.1. The molecular formula is C13H13BrClNS. The van der Waals surface area contributed by atoms with Crippen LogP contribution in [0.1, 0.15) is 22.0 Å². The number of nitrogens with two attached hydrogens (primary N) is 1. The zero-order valence-corrected chi connectivity index (χ0v) is 12.6. The lowest BCUT2D eigenvalue weighted by atomic mass is 10.0. The molecule has 0 spiro atoms. The van der Waals surface area contributed by atoms with E-state index in [4.69, 9.17) is 17.3 Å². The Kier molecular flexibility index (Phi) is 4.26. The van der Waals surface area contributed by atoms with Gasteiger partial charge in [-0.2, -0.15) is 0 Å². The van der Waals surface area contributed by atoms with Crippen LogP contribution in [0, 0.1) is 6.92 Å². The smallest absolute Gasteiger partial charge is 0.0701 e. The van der Waals surface area contributed by atoms with Crippen molar-refractivity contribution in [3.63, 3.8) is 0 Å². The molecule has 17 heavy (non-hydrogen) atoms. The summed E-state index contributed by atoms with van der Waals surface area (Å²) in [5.74, 6) is 0. The lowest BCUT2D eigenvalue weighted by Crippen LogP contribution is -2.13. The van der Waals surface area contributed by atoms with Crippen LogP contribution in [0.3, 0.4) is 0 Å². The van der Waals surface area contributed by atoms with Crippen molar-refractivity contribution in [3.05, 3.63) is 55.1 Å². The van der Waals surface area contributed by atoms with Gasteiger partial charge in [0.15, 0.2) is 0 Å². The Hall–Kier alpha value is -0.350. The predicted octanol–water partition coefficient (Wildman–Crippen LogP) is 4.71. The highest BCUT2D eigenvalue weighted by Gasteiger charge is 2.12. The molecule has 1 aromatic heterocycles. The number of benzene rings is 1. The second-order valence-electron chi connectivity index (χ2n) is 4.04. The minimum absolute atomic E-state index is 0.0475. The minimum Gasteiger partial charge on any atom is -0.324 e. The summed E-state index contributed by atoms with van der Waals surface area (Å²) in [5.41, 5.74) is 8.37. The molecule has 1 aromatic carbocycles. The molecule has 0 aliphatic carbocycles. The molecule has 1 heterocycles. The van der Waals surface area contributed by atoms with Gasteiger partial charge in [0, 0.05) is 22.4 Å². The highest BCUT2D eigenvalue weighted by molar-refractivity contribution is 9.11. The van der Waals surface area contributed by atoms with Crippen LogP contribution in [0.25, 0.3) is 0 Å². The molecule has 0 aliphatic rings. The van der Waals surface area contributed by atoms with E-state index in [-0.39, 0.29) is 6.04 Å². The fraction of sp³-hybridized carbons (Fsp3) is 0.231. The Balaban J connectivity index is 2.17. The number of rotatable bonds is 3. The normalized spacial score (nSPS) is 12.7. The monoisotopic (exact) mass is 329 g/mol. The van der Waals surface area contributed by atoms with Gasteiger partial charge >= 0.3 is 0 Å². The molecule has 2 N–H and O–H groups in total. The molecule has 4 heteroatoms. The second-order valence-corrected chi connectivity index (χ2v) is 7.00. The third-order valence-electron chi connectivity index (χ3n) is 2.61. The molecule has 0 bridgehead atoms. The van der Waals surface area contributed by atoms with Crippen LogP contribution < -0.4 is 5.73 Å². The Bertz CT molecular complexity index is 524. The van der Waals surface area contributed by atoms with Crippen molar-refractivity contribution in [1.29, 1.82) is 0 Å². The fourth-order valence-electron chi connectivity index (χ4n) is 1.72. The van der Waals surface area contributed by atoms with Crippen molar-refractivity contribution in [2.24, 2.45) is 5.73 Å². The van der Waals surface area contributed by atoms with E-state index in [1.807, 2.05) is 31.2 Å². The predicted molar refractivity (Wildman–Crippen MR) is 78.8 cm³/mol. The summed E-state index contributed by atoms with van der Waals surface area (Å²) in [7, 11) is 0. The van der Waals surface area contributed by atoms with E-state index in [0.29, 0.717) is 0 Å². The summed E-state index contributed by atoms with van der Waals surface area (Å²) in [6.45, 7) is 2.03. The molecule has 0 amide bonds. The number of thiophene rings is 1. The molecule has 0 saturated heterocycles. The average Bonchev–Trinajstić information content (AvgIpc) is 2.63. The van der Waals surface area contributed by atoms with Crippen LogP contribution in [0.4, 0.5) is 0 Å². The first-order valence-corrected chi connectivity index (χ1v) is 7.31. The molecule has 0 aliphatic heterocycles. The van der Waals surface area contributed by atoms with Crippen LogP contribution in [-0.4, -0.2) is 0 Å². The summed E-state index contributed by atoms with van der Waals surface area (Å²) in [6.07, 6.45) is 0.818. The SMILES string of the molecule is Cc1ccc(C(N)Cc2ccc(Br)s2)c(Cl)c1. The third-order valence-corrected chi connectivity index (χ3v) is 4.58. The lowest BCUT2D eigenvalue weighted by Gasteiger charge is -2.13. The Labute approximate surface area is 119 Å². The summed E-state index contributed by atoms with van der Waals surface area (Å²) < 4.78 is 1.13. The molecule has 90 valence electrons. The largest absolute Gasteiger partial charge is 0.324 e. The number of hydrogen-bond acceptors (Lipinski definition) is 2. The topological polar surface area (TPSA) is 26.0 Å². The average molecular weight is 331 g/mol. The zero-order valence-electron chi connectivity index (χ0n) is 9.41. The Morgan fingerprint density at radius 2 is 2.12 bits per heavy atom. The van der Waals surface area contributed by atoms with Crippen molar-refractivity contribution in [2.75, 3.05) is 0 Å². The molecule has 1 unspecified atom stereocenters. The van der Waals surface area contributed by atoms with Crippen LogP contribution in [-0.2, 0) is 6.42 Å². The molecule has 0 saturated carbocycles. The quantitative estimate of drug-likeness (QED) is 0.866. The van der Waals surface area contributed by atoms with E-state index >= 15 is 0 Å². The summed E-state index contributed by atoms with van der Waals surface area (Å²) in [5, 5.41) is 0.758. The third kappa shape index (κ3) is 3.32. The van der Waals surface area contributed by atoms with Crippen LogP contribution >= 0.6 is 38.9 Å². The first-order valence-electron chi connectivity index (χ1n) is 5.32. The van der Waals surface area contributed by atoms with Gasteiger partial charge in [-0.3, -0.25) is 0 Å². The molecular weight excluding hydrogens is 318 g/mol. The van der Waals surface area contributed by atoms with Crippen molar-refractivity contribution in [3.8, 4) is 0 Å². The van der Waals surface area contributed by atoms with E-state index in [9.17, 15) is 0 Å². The van der Waals surface area contributed by atoms with Gasteiger partial charge in [-0.15, -0.1) is 11.3 Å². The zero-order chi connectivity index (χ0) is 12.4. The molecule has 2 aromatic rings. The van der Waals surface area contributed by atoms with E-state index < -0.39 is 0 Å². The van der Waals surface area contributed by atoms with E-state index in [1.54, 1.807) is 11.3 Å². The molecule has 1 nitrogen and oxygen atoms in total. The lowest BCUT2D eigenvalue weighted by molar-refractivity contribution is 0.730. The van der Waals surface area contributed by atoms with Crippen molar-refractivity contribution < 1.29 is 0 Å². The number of halogens is 2. The highest BCUT2D eigenvalue weighted by Crippen LogP contribution is 2.29. The van der Waals surface area contributed by atoms with Crippen molar-refractivity contribution >= 4 is 38.9 Å². The van der Waals surface area contributed by atoms with Gasteiger partial charge in [-0.1, -0.05) is 23.7 Å². The maximum Gasteiger partial charge on any atom is 0.0701 e. The summed E-state index contributed by atoms with van der Waals surface area (Å²) >= 11 is 11.4. The second kappa shape index (κ2) is 5.53. The van der Waals surface area contributed by atoms with Gasteiger partial charge in [0.1, 0.15) is 0 Å². The summed E-state index contributed by atoms with van der Waals surface area (Å²) in [4.78, 5) is 1.26. The van der Waals surface area contributed by atoms with Crippen LogP contribution in [0.15, 0.2) is 34.1 Å². The molecule has 0 fully saturated rings. The number of hydrogen-bond donors (Lipinski definition) is 1. The number of aryl methyl sites for hydroxylation is 1. The van der Waals surface area contributed by atoms with Gasteiger partial charge in [0.2, 0.25) is 0 Å². The van der Waals surface area contributed by atoms with Crippen LogP contribution in [0.2, 0.25) is 5.02 Å². The Morgan fingerprint density at radius 1 is 1.35 bits per heavy atom. The summed E-state index contributed by atoms with van der Waals surface area (Å²) in [6, 6.07) is 10.1. The fourth-order valence-corrected chi connectivity index (χ4v) is 3.64. The van der Waals surface area contributed by atoms with E-state index in [1.165, 1.54) is 4.88 Å².